The molecule has 2 fully saturated rings. The Balaban J connectivity index is 1.87. The van der Waals surface area contributed by atoms with Crippen molar-refractivity contribution in [2.75, 3.05) is 13.1 Å². The van der Waals surface area contributed by atoms with Gasteiger partial charge in [0.25, 0.3) is 0 Å². The number of carbonyl (C=O) groups is 1. The van der Waals surface area contributed by atoms with E-state index in [0.29, 0.717) is 24.5 Å². The van der Waals surface area contributed by atoms with Crippen molar-refractivity contribution >= 4 is 6.03 Å². The molecular formula is C13H25N3O. The van der Waals surface area contributed by atoms with Crippen molar-refractivity contribution in [1.82, 2.24) is 10.2 Å². The second-order valence-electron chi connectivity index (χ2n) is 5.61. The summed E-state index contributed by atoms with van der Waals surface area (Å²) in [6.45, 7) is 3.66. The number of likely N-dealkylation sites (tertiary alicyclic amines) is 1. The number of nitrogens with two attached hydrogens (primary N) is 1. The number of urea groups is 1. The molecule has 1 saturated heterocycles. The van der Waals surface area contributed by atoms with Gasteiger partial charge in [0.1, 0.15) is 0 Å². The first-order valence-corrected chi connectivity index (χ1v) is 6.98. The molecule has 2 aliphatic rings. The third-order valence-electron chi connectivity index (χ3n) is 4.26. The minimum atomic E-state index is 0.127. The third kappa shape index (κ3) is 3.12. The van der Waals surface area contributed by atoms with Gasteiger partial charge < -0.3 is 16.0 Å². The highest BCUT2D eigenvalue weighted by Gasteiger charge is 2.29. The van der Waals surface area contributed by atoms with Crippen molar-refractivity contribution in [3.8, 4) is 0 Å². The lowest BCUT2D eigenvalue weighted by Crippen LogP contribution is -2.52. The molecule has 2 amide bonds. The molecule has 3 N–H and O–H groups in total. The molecule has 2 rings (SSSR count). The first-order chi connectivity index (χ1) is 8.20. The number of amides is 2. The van der Waals surface area contributed by atoms with Crippen LogP contribution in [0.5, 0.6) is 0 Å². The smallest absolute Gasteiger partial charge is 0.317 e. The van der Waals surface area contributed by atoms with E-state index in [9.17, 15) is 4.79 Å². The zero-order chi connectivity index (χ0) is 12.3. The van der Waals surface area contributed by atoms with E-state index in [-0.39, 0.29) is 6.03 Å². The Hall–Kier alpha value is -0.770. The van der Waals surface area contributed by atoms with Gasteiger partial charge in [0, 0.05) is 18.6 Å². The number of nitrogens with one attached hydrogen (secondary N) is 1. The lowest BCUT2D eigenvalue weighted by molar-refractivity contribution is 0.131. The standard InChI is InChI=1S/C13H25N3O/c1-10-6-7-11(8-14)9-16(10)13(17)15-12-4-2-3-5-12/h10-12H,2-9,14H2,1H3,(H,15,17). The lowest BCUT2D eigenvalue weighted by Gasteiger charge is -2.38. The highest BCUT2D eigenvalue weighted by molar-refractivity contribution is 5.75. The van der Waals surface area contributed by atoms with Crippen LogP contribution >= 0.6 is 0 Å². The minimum absolute atomic E-state index is 0.127. The first-order valence-electron chi connectivity index (χ1n) is 6.98. The van der Waals surface area contributed by atoms with Gasteiger partial charge in [-0.15, -0.1) is 0 Å². The summed E-state index contributed by atoms with van der Waals surface area (Å²) in [6, 6.07) is 0.898. The molecule has 1 aliphatic heterocycles. The van der Waals surface area contributed by atoms with Gasteiger partial charge in [-0.2, -0.15) is 0 Å². The predicted octanol–water partition coefficient (Wildman–Crippen LogP) is 1.70. The number of hydrogen-bond donors (Lipinski definition) is 2. The summed E-state index contributed by atoms with van der Waals surface area (Å²) in [5, 5.41) is 3.17. The van der Waals surface area contributed by atoms with Gasteiger partial charge in [-0.25, -0.2) is 4.79 Å². The van der Waals surface area contributed by atoms with Crippen LogP contribution < -0.4 is 11.1 Å². The van der Waals surface area contributed by atoms with Crippen LogP contribution in [-0.2, 0) is 0 Å². The number of carbonyl (C=O) groups excluding carboxylic acids is 1. The van der Waals surface area contributed by atoms with Gasteiger partial charge >= 0.3 is 6.03 Å². The first kappa shape index (κ1) is 12.7. The zero-order valence-corrected chi connectivity index (χ0v) is 10.8. The Morgan fingerprint density at radius 1 is 1.29 bits per heavy atom. The van der Waals surface area contributed by atoms with E-state index in [1.807, 2.05) is 4.90 Å². The SMILES string of the molecule is CC1CCC(CN)CN1C(=O)NC1CCCC1. The molecule has 1 aliphatic carbocycles. The van der Waals surface area contributed by atoms with Crippen LogP contribution in [0.25, 0.3) is 0 Å². The van der Waals surface area contributed by atoms with Gasteiger partial charge in [0.2, 0.25) is 0 Å². The van der Waals surface area contributed by atoms with E-state index in [0.717, 1.165) is 32.2 Å². The number of nitrogens with zero attached hydrogens (tertiary/aromatic N) is 1. The van der Waals surface area contributed by atoms with Crippen LogP contribution in [0.1, 0.15) is 45.4 Å². The third-order valence-corrected chi connectivity index (χ3v) is 4.26. The quantitative estimate of drug-likeness (QED) is 0.770. The van der Waals surface area contributed by atoms with E-state index in [1.165, 1.54) is 12.8 Å². The molecule has 0 aromatic carbocycles. The van der Waals surface area contributed by atoms with E-state index in [4.69, 9.17) is 5.73 Å². The fraction of sp³-hybridized carbons (Fsp3) is 0.923. The summed E-state index contributed by atoms with van der Waals surface area (Å²) in [7, 11) is 0. The van der Waals surface area contributed by atoms with Crippen LogP contribution in [0.3, 0.4) is 0 Å². The minimum Gasteiger partial charge on any atom is -0.335 e. The Morgan fingerprint density at radius 3 is 2.65 bits per heavy atom. The zero-order valence-electron chi connectivity index (χ0n) is 10.8. The summed E-state index contributed by atoms with van der Waals surface area (Å²) in [5.41, 5.74) is 5.72. The van der Waals surface area contributed by atoms with Crippen LogP contribution in [0, 0.1) is 5.92 Å². The van der Waals surface area contributed by atoms with Crippen molar-refractivity contribution in [3.05, 3.63) is 0 Å². The maximum atomic E-state index is 12.2. The van der Waals surface area contributed by atoms with Crippen molar-refractivity contribution in [3.63, 3.8) is 0 Å². The van der Waals surface area contributed by atoms with Crippen LogP contribution in [0.2, 0.25) is 0 Å². The van der Waals surface area contributed by atoms with Crippen LogP contribution in [-0.4, -0.2) is 36.1 Å². The highest BCUT2D eigenvalue weighted by Crippen LogP contribution is 2.22. The largest absolute Gasteiger partial charge is 0.335 e. The predicted molar refractivity (Wildman–Crippen MR) is 68.7 cm³/mol. The van der Waals surface area contributed by atoms with Gasteiger partial charge in [-0.05, 0) is 45.1 Å². The number of hydrogen-bond acceptors (Lipinski definition) is 2. The Kier molecular flexibility index (Phi) is 4.26. The van der Waals surface area contributed by atoms with Crippen LogP contribution in [0.15, 0.2) is 0 Å². The summed E-state index contributed by atoms with van der Waals surface area (Å²) >= 11 is 0. The van der Waals surface area contributed by atoms with E-state index >= 15 is 0 Å². The molecule has 0 radical (unpaired) electrons. The fourth-order valence-electron chi connectivity index (χ4n) is 2.99. The van der Waals surface area contributed by atoms with E-state index in [2.05, 4.69) is 12.2 Å². The monoisotopic (exact) mass is 239 g/mol. The molecule has 17 heavy (non-hydrogen) atoms. The molecule has 4 nitrogen and oxygen atoms in total. The van der Waals surface area contributed by atoms with Crippen LogP contribution in [0.4, 0.5) is 4.79 Å². The molecule has 4 heteroatoms. The number of rotatable bonds is 2. The molecule has 98 valence electrons. The van der Waals surface area contributed by atoms with E-state index in [1.54, 1.807) is 0 Å². The second kappa shape index (κ2) is 5.71. The molecular weight excluding hydrogens is 214 g/mol. The molecule has 2 atom stereocenters. The van der Waals surface area contributed by atoms with Gasteiger partial charge in [0.05, 0.1) is 0 Å². The summed E-state index contributed by atoms with van der Waals surface area (Å²) in [5.74, 6) is 0.487. The van der Waals surface area contributed by atoms with Crippen molar-refractivity contribution in [2.24, 2.45) is 11.7 Å². The normalized spacial score (nSPS) is 30.6. The van der Waals surface area contributed by atoms with Crippen molar-refractivity contribution < 1.29 is 4.79 Å². The maximum Gasteiger partial charge on any atom is 0.317 e. The molecule has 0 spiro atoms. The Labute approximate surface area is 104 Å². The topological polar surface area (TPSA) is 58.4 Å². The van der Waals surface area contributed by atoms with Crippen molar-refractivity contribution in [2.45, 2.75) is 57.5 Å². The molecule has 1 heterocycles. The molecule has 0 aromatic rings. The molecule has 2 unspecified atom stereocenters. The summed E-state index contributed by atoms with van der Waals surface area (Å²) in [6.07, 6.45) is 7.05. The van der Waals surface area contributed by atoms with E-state index < -0.39 is 0 Å². The highest BCUT2D eigenvalue weighted by atomic mass is 16.2. The lowest BCUT2D eigenvalue weighted by atomic mass is 9.94. The second-order valence-corrected chi connectivity index (χ2v) is 5.61. The fourth-order valence-corrected chi connectivity index (χ4v) is 2.99. The molecule has 1 saturated carbocycles. The van der Waals surface area contributed by atoms with Gasteiger partial charge in [-0.1, -0.05) is 12.8 Å². The van der Waals surface area contributed by atoms with Gasteiger partial charge in [0.15, 0.2) is 0 Å². The Bertz CT molecular complexity index is 263. The summed E-state index contributed by atoms with van der Waals surface area (Å²) in [4.78, 5) is 14.2. The Morgan fingerprint density at radius 2 is 2.00 bits per heavy atom. The average Bonchev–Trinajstić information content (AvgIpc) is 2.82. The maximum absolute atomic E-state index is 12.2. The van der Waals surface area contributed by atoms with Gasteiger partial charge in [-0.3, -0.25) is 0 Å². The summed E-state index contributed by atoms with van der Waals surface area (Å²) < 4.78 is 0. The molecule has 0 aromatic heterocycles. The molecule has 0 bridgehead atoms. The van der Waals surface area contributed by atoms with Crippen molar-refractivity contribution in [1.29, 1.82) is 0 Å². The average molecular weight is 239 g/mol. The number of piperidine rings is 1.